The van der Waals surface area contributed by atoms with Crippen LogP contribution in [0, 0.1) is 0 Å². The Balaban J connectivity index is 1.67. The van der Waals surface area contributed by atoms with Crippen LogP contribution in [0.2, 0.25) is 0 Å². The zero-order chi connectivity index (χ0) is 18.6. The summed E-state index contributed by atoms with van der Waals surface area (Å²) in [6.45, 7) is 0. The summed E-state index contributed by atoms with van der Waals surface area (Å²) in [6, 6.07) is 25.1. The van der Waals surface area contributed by atoms with E-state index in [1.807, 2.05) is 60.7 Å². The highest BCUT2D eigenvalue weighted by molar-refractivity contribution is 9.10. The Labute approximate surface area is 165 Å². The van der Waals surface area contributed by atoms with Crippen LogP contribution < -0.4 is 5.32 Å². The first-order valence-corrected chi connectivity index (χ1v) is 9.54. The van der Waals surface area contributed by atoms with Crippen molar-refractivity contribution in [2.75, 3.05) is 0 Å². The molecule has 1 atom stereocenters. The van der Waals surface area contributed by atoms with Crippen LogP contribution in [-0.2, 0) is 6.42 Å². The molecular formula is C22H18BrN3O. The molecule has 0 spiro atoms. The maximum atomic E-state index is 12.9. The van der Waals surface area contributed by atoms with Crippen molar-refractivity contribution >= 4 is 32.9 Å². The summed E-state index contributed by atoms with van der Waals surface area (Å²) in [5.74, 6) is 0.615. The number of halogens is 1. The minimum atomic E-state index is -0.264. The molecule has 0 saturated heterocycles. The van der Waals surface area contributed by atoms with Gasteiger partial charge in [-0.15, -0.1) is 0 Å². The molecule has 2 N–H and O–H groups in total. The summed E-state index contributed by atoms with van der Waals surface area (Å²) >= 11 is 3.45. The smallest absolute Gasteiger partial charge is 0.253 e. The van der Waals surface area contributed by atoms with Gasteiger partial charge in [-0.05, 0) is 52.2 Å². The lowest BCUT2D eigenvalue weighted by molar-refractivity contribution is 0.0934. The average Bonchev–Trinajstić information content (AvgIpc) is 3.13. The maximum Gasteiger partial charge on any atom is 0.253 e. The predicted molar refractivity (Wildman–Crippen MR) is 111 cm³/mol. The summed E-state index contributed by atoms with van der Waals surface area (Å²) in [5.41, 5.74) is 3.59. The molecule has 1 aromatic heterocycles. The van der Waals surface area contributed by atoms with Crippen molar-refractivity contribution in [3.8, 4) is 0 Å². The molecule has 0 saturated carbocycles. The lowest BCUT2D eigenvalue weighted by Gasteiger charge is -2.17. The molecule has 5 heteroatoms. The zero-order valence-electron chi connectivity index (χ0n) is 14.5. The monoisotopic (exact) mass is 419 g/mol. The Bertz CT molecular complexity index is 1040. The standard InChI is InChI=1S/C22H18BrN3O/c23-17-11-5-4-10-16(17)22(27)26-20(14-15-8-2-1-3-9-15)21-24-18-12-6-7-13-19(18)25-21/h1-13,20H,14H2,(H,24,25)(H,26,27). The van der Waals surface area contributed by atoms with E-state index in [0.29, 0.717) is 12.0 Å². The number of aromatic nitrogens is 2. The van der Waals surface area contributed by atoms with Crippen LogP contribution in [0.25, 0.3) is 11.0 Å². The molecule has 4 aromatic rings. The third-order valence-electron chi connectivity index (χ3n) is 4.44. The molecule has 1 heterocycles. The van der Waals surface area contributed by atoms with Crippen LogP contribution >= 0.6 is 15.9 Å². The highest BCUT2D eigenvalue weighted by Gasteiger charge is 2.20. The lowest BCUT2D eigenvalue weighted by Crippen LogP contribution is -2.31. The van der Waals surface area contributed by atoms with Crippen molar-refractivity contribution in [3.63, 3.8) is 0 Å². The Hall–Kier alpha value is -2.92. The first-order valence-electron chi connectivity index (χ1n) is 8.74. The molecule has 0 aliphatic heterocycles. The first kappa shape index (κ1) is 17.5. The fourth-order valence-electron chi connectivity index (χ4n) is 3.08. The van der Waals surface area contributed by atoms with Crippen LogP contribution in [0.15, 0.2) is 83.3 Å². The van der Waals surface area contributed by atoms with Crippen molar-refractivity contribution in [2.45, 2.75) is 12.5 Å². The van der Waals surface area contributed by atoms with E-state index in [0.717, 1.165) is 26.9 Å². The summed E-state index contributed by atoms with van der Waals surface area (Å²) in [4.78, 5) is 20.9. The molecule has 4 rings (SSSR count). The molecule has 4 nitrogen and oxygen atoms in total. The fraction of sp³-hybridized carbons (Fsp3) is 0.0909. The van der Waals surface area contributed by atoms with Crippen LogP contribution in [0.4, 0.5) is 0 Å². The Kier molecular flexibility index (Phi) is 5.03. The average molecular weight is 420 g/mol. The van der Waals surface area contributed by atoms with E-state index < -0.39 is 0 Å². The van der Waals surface area contributed by atoms with E-state index in [4.69, 9.17) is 4.98 Å². The predicted octanol–water partition coefficient (Wildman–Crippen LogP) is 5.04. The maximum absolute atomic E-state index is 12.9. The van der Waals surface area contributed by atoms with E-state index in [2.05, 4.69) is 38.4 Å². The molecule has 0 radical (unpaired) electrons. The van der Waals surface area contributed by atoms with E-state index >= 15 is 0 Å². The molecular weight excluding hydrogens is 402 g/mol. The summed E-state index contributed by atoms with van der Waals surface area (Å²) in [7, 11) is 0. The van der Waals surface area contributed by atoms with Crippen LogP contribution in [0.5, 0.6) is 0 Å². The number of fused-ring (bicyclic) bond motifs is 1. The number of hydrogen-bond donors (Lipinski definition) is 2. The number of aromatic amines is 1. The highest BCUT2D eigenvalue weighted by Crippen LogP contribution is 2.22. The zero-order valence-corrected chi connectivity index (χ0v) is 16.1. The summed E-state index contributed by atoms with van der Waals surface area (Å²) in [6.07, 6.45) is 0.650. The van der Waals surface area contributed by atoms with Crippen molar-refractivity contribution in [1.29, 1.82) is 0 Å². The molecule has 134 valence electrons. The van der Waals surface area contributed by atoms with E-state index in [9.17, 15) is 4.79 Å². The number of hydrogen-bond acceptors (Lipinski definition) is 2. The molecule has 27 heavy (non-hydrogen) atoms. The van der Waals surface area contributed by atoms with Crippen LogP contribution in [-0.4, -0.2) is 15.9 Å². The number of rotatable bonds is 5. The van der Waals surface area contributed by atoms with Gasteiger partial charge in [-0.2, -0.15) is 0 Å². The topological polar surface area (TPSA) is 57.8 Å². The second-order valence-electron chi connectivity index (χ2n) is 6.33. The van der Waals surface area contributed by atoms with Gasteiger partial charge in [-0.1, -0.05) is 54.6 Å². The number of para-hydroxylation sites is 2. The van der Waals surface area contributed by atoms with Crippen molar-refractivity contribution in [3.05, 3.63) is 100 Å². The molecule has 0 aliphatic carbocycles. The third kappa shape index (κ3) is 3.93. The van der Waals surface area contributed by atoms with Crippen LogP contribution in [0.1, 0.15) is 27.8 Å². The molecule has 0 fully saturated rings. The SMILES string of the molecule is O=C(NC(Cc1ccccc1)c1nc2ccccc2[nH]1)c1ccccc1Br. The number of carbonyl (C=O) groups excluding carboxylic acids is 1. The van der Waals surface area contributed by atoms with Gasteiger partial charge in [-0.25, -0.2) is 4.98 Å². The first-order chi connectivity index (χ1) is 13.2. The highest BCUT2D eigenvalue weighted by atomic mass is 79.9. The normalized spacial score (nSPS) is 12.0. The second kappa shape index (κ2) is 7.76. The minimum absolute atomic E-state index is 0.135. The Morgan fingerprint density at radius 3 is 2.44 bits per heavy atom. The van der Waals surface area contributed by atoms with E-state index in [1.165, 1.54) is 0 Å². The number of H-pyrrole nitrogens is 1. The fourth-order valence-corrected chi connectivity index (χ4v) is 3.55. The Morgan fingerprint density at radius 1 is 0.963 bits per heavy atom. The molecule has 0 bridgehead atoms. The van der Waals surface area contributed by atoms with Crippen molar-refractivity contribution < 1.29 is 4.79 Å². The molecule has 1 amide bonds. The van der Waals surface area contributed by atoms with Gasteiger partial charge in [0.25, 0.3) is 5.91 Å². The van der Waals surface area contributed by atoms with Crippen molar-refractivity contribution in [1.82, 2.24) is 15.3 Å². The van der Waals surface area contributed by atoms with E-state index in [1.54, 1.807) is 6.07 Å². The third-order valence-corrected chi connectivity index (χ3v) is 5.14. The Morgan fingerprint density at radius 2 is 1.67 bits per heavy atom. The minimum Gasteiger partial charge on any atom is -0.342 e. The number of nitrogens with one attached hydrogen (secondary N) is 2. The summed E-state index contributed by atoms with van der Waals surface area (Å²) < 4.78 is 0.769. The van der Waals surface area contributed by atoms with Gasteiger partial charge in [0, 0.05) is 4.47 Å². The quantitative estimate of drug-likeness (QED) is 0.475. The number of benzene rings is 3. The number of nitrogens with zero attached hydrogens (tertiary/aromatic N) is 1. The van der Waals surface area contributed by atoms with E-state index in [-0.39, 0.29) is 11.9 Å². The van der Waals surface area contributed by atoms with Crippen molar-refractivity contribution in [2.24, 2.45) is 0 Å². The van der Waals surface area contributed by atoms with Gasteiger partial charge in [0.2, 0.25) is 0 Å². The molecule has 3 aromatic carbocycles. The van der Waals surface area contributed by atoms with Gasteiger partial charge in [0.05, 0.1) is 22.6 Å². The molecule has 0 aliphatic rings. The van der Waals surface area contributed by atoms with Gasteiger partial charge in [0.15, 0.2) is 0 Å². The summed E-state index contributed by atoms with van der Waals surface area (Å²) in [5, 5.41) is 3.14. The number of carbonyl (C=O) groups is 1. The number of imidazole rings is 1. The van der Waals surface area contributed by atoms with Gasteiger partial charge in [0.1, 0.15) is 5.82 Å². The van der Waals surface area contributed by atoms with Gasteiger partial charge in [-0.3, -0.25) is 4.79 Å². The number of amides is 1. The lowest BCUT2D eigenvalue weighted by atomic mass is 10.0. The second-order valence-corrected chi connectivity index (χ2v) is 7.19. The van der Waals surface area contributed by atoms with Gasteiger partial charge >= 0.3 is 0 Å². The van der Waals surface area contributed by atoms with Crippen LogP contribution in [0.3, 0.4) is 0 Å². The molecule has 1 unspecified atom stereocenters. The van der Waals surface area contributed by atoms with Gasteiger partial charge < -0.3 is 10.3 Å². The largest absolute Gasteiger partial charge is 0.342 e.